The van der Waals surface area contributed by atoms with Crippen molar-refractivity contribution in [3.8, 4) is 5.75 Å². The van der Waals surface area contributed by atoms with Crippen molar-refractivity contribution in [2.45, 2.75) is 26.8 Å². The van der Waals surface area contributed by atoms with E-state index in [9.17, 15) is 14.0 Å². The highest BCUT2D eigenvalue weighted by molar-refractivity contribution is 5.98. The molecule has 0 unspecified atom stereocenters. The lowest BCUT2D eigenvalue weighted by Crippen LogP contribution is -2.45. The molecule has 0 aliphatic rings. The smallest absolute Gasteiger partial charge is 0.321 e. The number of amides is 3. The minimum Gasteiger partial charge on any atom is -0.492 e. The predicted molar refractivity (Wildman–Crippen MR) is 77.9 cm³/mol. The van der Waals surface area contributed by atoms with E-state index in [1.807, 2.05) is 0 Å². The van der Waals surface area contributed by atoms with Gasteiger partial charge in [-0.2, -0.15) is 0 Å². The quantitative estimate of drug-likeness (QED) is 0.749. The second kappa shape index (κ2) is 8.08. The fourth-order valence-electron chi connectivity index (χ4n) is 1.61. The lowest BCUT2D eigenvalue weighted by Gasteiger charge is -2.17. The van der Waals surface area contributed by atoms with Crippen molar-refractivity contribution in [2.75, 3.05) is 18.5 Å². The van der Waals surface area contributed by atoms with Crippen LogP contribution in [0.25, 0.3) is 0 Å². The average Bonchev–Trinajstić information content (AvgIpc) is 2.42. The van der Waals surface area contributed by atoms with Crippen LogP contribution >= 0.6 is 0 Å². The first-order chi connectivity index (χ1) is 9.97. The number of hydrogen-bond donors (Lipinski definition) is 3. The molecule has 0 saturated carbocycles. The summed E-state index contributed by atoms with van der Waals surface area (Å²) in [6, 6.07) is 2.74. The van der Waals surface area contributed by atoms with Gasteiger partial charge in [0.05, 0.1) is 12.3 Å². The van der Waals surface area contributed by atoms with Crippen molar-refractivity contribution >= 4 is 17.6 Å². The Morgan fingerprint density at radius 1 is 1.33 bits per heavy atom. The molecular formula is C14H20FN3O3. The van der Waals surface area contributed by atoms with Crippen molar-refractivity contribution in [3.05, 3.63) is 24.0 Å². The van der Waals surface area contributed by atoms with E-state index in [1.54, 1.807) is 20.8 Å². The monoisotopic (exact) mass is 297 g/mol. The first-order valence-corrected chi connectivity index (χ1v) is 6.75. The summed E-state index contributed by atoms with van der Waals surface area (Å²) in [6.45, 7) is 5.91. The summed E-state index contributed by atoms with van der Waals surface area (Å²) in [6.07, 6.45) is 0. The molecule has 0 spiro atoms. The van der Waals surface area contributed by atoms with E-state index < -0.39 is 23.8 Å². The molecule has 0 aliphatic carbocycles. The lowest BCUT2D eigenvalue weighted by molar-refractivity contribution is -0.120. The van der Waals surface area contributed by atoms with Gasteiger partial charge in [0.25, 0.3) is 0 Å². The van der Waals surface area contributed by atoms with E-state index in [2.05, 4.69) is 16.0 Å². The van der Waals surface area contributed by atoms with Crippen LogP contribution in [0.3, 0.4) is 0 Å². The van der Waals surface area contributed by atoms with Crippen LogP contribution < -0.4 is 20.7 Å². The van der Waals surface area contributed by atoms with Gasteiger partial charge in [-0.25, -0.2) is 9.18 Å². The first kappa shape index (κ1) is 16.7. The Balaban J connectivity index is 2.71. The molecule has 3 N–H and O–H groups in total. The number of rotatable bonds is 6. The van der Waals surface area contributed by atoms with Crippen LogP contribution in [-0.2, 0) is 4.79 Å². The Morgan fingerprint density at radius 2 is 2.05 bits per heavy atom. The number of nitrogens with one attached hydrogen (secondary N) is 3. The Bertz CT molecular complexity index is 508. The van der Waals surface area contributed by atoms with Crippen LogP contribution in [0, 0.1) is 5.82 Å². The summed E-state index contributed by atoms with van der Waals surface area (Å²) in [5.41, 5.74) is 0.483. The van der Waals surface area contributed by atoms with Crippen LogP contribution in [0.2, 0.25) is 0 Å². The van der Waals surface area contributed by atoms with Crippen LogP contribution in [0.4, 0.5) is 14.9 Å². The fourth-order valence-corrected chi connectivity index (χ4v) is 1.61. The van der Waals surface area contributed by atoms with E-state index in [4.69, 9.17) is 4.74 Å². The molecule has 1 aromatic carbocycles. The zero-order valence-corrected chi connectivity index (χ0v) is 12.3. The Morgan fingerprint density at radius 3 is 2.67 bits per heavy atom. The van der Waals surface area contributed by atoms with Gasteiger partial charge in [0.1, 0.15) is 17.6 Å². The standard InChI is InChI=1S/C14H20FN3O3/c1-4-16-14(20)18-13(19)9(3)17-11-7-6-10(15)8-12(11)21-5-2/h6-9,17H,4-5H2,1-3H3,(H2,16,18,19,20)/t9-/m0/s1. The minimum absolute atomic E-state index is 0.315. The third-order valence-electron chi connectivity index (χ3n) is 2.58. The molecular weight excluding hydrogens is 277 g/mol. The maximum Gasteiger partial charge on any atom is 0.321 e. The zero-order chi connectivity index (χ0) is 15.8. The van der Waals surface area contributed by atoms with Crippen LogP contribution in [0.5, 0.6) is 5.75 Å². The number of benzene rings is 1. The maximum atomic E-state index is 13.2. The number of hydrogen-bond acceptors (Lipinski definition) is 4. The Hall–Kier alpha value is -2.31. The molecule has 7 heteroatoms. The molecule has 0 radical (unpaired) electrons. The fraction of sp³-hybridized carbons (Fsp3) is 0.429. The molecule has 0 heterocycles. The summed E-state index contributed by atoms with van der Waals surface area (Å²) >= 11 is 0. The molecule has 3 amide bonds. The third-order valence-corrected chi connectivity index (χ3v) is 2.58. The van der Waals surface area contributed by atoms with Crippen LogP contribution in [-0.4, -0.2) is 31.1 Å². The van der Waals surface area contributed by atoms with E-state index in [1.165, 1.54) is 18.2 Å². The van der Waals surface area contributed by atoms with Gasteiger partial charge in [-0.1, -0.05) is 0 Å². The summed E-state index contributed by atoms with van der Waals surface area (Å²) in [5, 5.41) is 7.54. The second-order valence-corrected chi connectivity index (χ2v) is 4.29. The van der Waals surface area contributed by atoms with Crippen molar-refractivity contribution in [2.24, 2.45) is 0 Å². The van der Waals surface area contributed by atoms with Crippen molar-refractivity contribution in [1.29, 1.82) is 0 Å². The van der Waals surface area contributed by atoms with E-state index in [-0.39, 0.29) is 0 Å². The number of anilines is 1. The van der Waals surface area contributed by atoms with Gasteiger partial charge in [0.15, 0.2) is 0 Å². The molecule has 0 fully saturated rings. The number of ether oxygens (including phenoxy) is 1. The van der Waals surface area contributed by atoms with Gasteiger partial charge in [-0.15, -0.1) is 0 Å². The highest BCUT2D eigenvalue weighted by Gasteiger charge is 2.17. The average molecular weight is 297 g/mol. The number of halogens is 1. The highest BCUT2D eigenvalue weighted by atomic mass is 19.1. The molecule has 0 aliphatic heterocycles. The van der Waals surface area contributed by atoms with E-state index in [0.29, 0.717) is 24.6 Å². The van der Waals surface area contributed by atoms with Gasteiger partial charge in [-0.3, -0.25) is 10.1 Å². The molecule has 116 valence electrons. The normalized spacial score (nSPS) is 11.4. The Kier molecular flexibility index (Phi) is 6.45. The highest BCUT2D eigenvalue weighted by Crippen LogP contribution is 2.26. The number of carbonyl (C=O) groups is 2. The van der Waals surface area contributed by atoms with Gasteiger partial charge in [0.2, 0.25) is 5.91 Å². The largest absolute Gasteiger partial charge is 0.492 e. The molecule has 0 saturated heterocycles. The number of carbonyl (C=O) groups excluding carboxylic acids is 2. The second-order valence-electron chi connectivity index (χ2n) is 4.29. The Labute approximate surface area is 123 Å². The molecule has 0 aromatic heterocycles. The van der Waals surface area contributed by atoms with Gasteiger partial charge in [0, 0.05) is 12.6 Å². The predicted octanol–water partition coefficient (Wildman–Crippen LogP) is 1.87. The lowest BCUT2D eigenvalue weighted by atomic mass is 10.2. The molecule has 1 rings (SSSR count). The molecule has 21 heavy (non-hydrogen) atoms. The summed E-state index contributed by atoms with van der Waals surface area (Å²) in [7, 11) is 0. The number of urea groups is 1. The first-order valence-electron chi connectivity index (χ1n) is 6.75. The minimum atomic E-state index is -0.683. The maximum absolute atomic E-state index is 13.2. The molecule has 1 aromatic rings. The van der Waals surface area contributed by atoms with Crippen LogP contribution in [0.15, 0.2) is 18.2 Å². The zero-order valence-electron chi connectivity index (χ0n) is 12.3. The van der Waals surface area contributed by atoms with Crippen molar-refractivity contribution < 1.29 is 18.7 Å². The molecule has 6 nitrogen and oxygen atoms in total. The number of imide groups is 1. The topological polar surface area (TPSA) is 79.5 Å². The van der Waals surface area contributed by atoms with Crippen molar-refractivity contribution in [1.82, 2.24) is 10.6 Å². The van der Waals surface area contributed by atoms with Gasteiger partial charge < -0.3 is 15.4 Å². The summed E-state index contributed by atoms with van der Waals surface area (Å²) in [5.74, 6) is -0.605. The molecule has 1 atom stereocenters. The van der Waals surface area contributed by atoms with E-state index in [0.717, 1.165) is 0 Å². The SMILES string of the molecule is CCNC(=O)NC(=O)[C@H](C)Nc1ccc(F)cc1OCC. The van der Waals surface area contributed by atoms with Gasteiger partial charge >= 0.3 is 6.03 Å². The van der Waals surface area contributed by atoms with Gasteiger partial charge in [-0.05, 0) is 32.9 Å². The van der Waals surface area contributed by atoms with Crippen LogP contribution in [0.1, 0.15) is 20.8 Å². The van der Waals surface area contributed by atoms with Crippen molar-refractivity contribution in [3.63, 3.8) is 0 Å². The third kappa shape index (κ3) is 5.29. The summed E-state index contributed by atoms with van der Waals surface area (Å²) in [4.78, 5) is 23.1. The van der Waals surface area contributed by atoms with E-state index >= 15 is 0 Å². The molecule has 0 bridgehead atoms. The summed E-state index contributed by atoms with van der Waals surface area (Å²) < 4.78 is 18.5.